The van der Waals surface area contributed by atoms with E-state index in [-0.39, 0.29) is 59.2 Å². The van der Waals surface area contributed by atoms with Gasteiger partial charge in [0.15, 0.2) is 0 Å². The van der Waals surface area contributed by atoms with Gasteiger partial charge in [-0.2, -0.15) is 0 Å². The van der Waals surface area contributed by atoms with Gasteiger partial charge in [0.2, 0.25) is 0 Å². The van der Waals surface area contributed by atoms with Gasteiger partial charge in [-0.15, -0.1) is 0 Å². The molecular weight excluding hydrogens is 505 g/mol. The van der Waals surface area contributed by atoms with Crippen LogP contribution in [0.2, 0.25) is 30.1 Å². The summed E-state index contributed by atoms with van der Waals surface area (Å²) in [6, 6.07) is 2.63. The molecule has 0 saturated carbocycles. The van der Waals surface area contributed by atoms with Gasteiger partial charge in [0.05, 0.1) is 30.1 Å². The third-order valence-electron chi connectivity index (χ3n) is 3.38. The van der Waals surface area contributed by atoms with Crippen LogP contribution in [-0.2, 0) is 11.2 Å². The lowest BCUT2D eigenvalue weighted by Gasteiger charge is -2.14. The van der Waals surface area contributed by atoms with E-state index in [1.165, 1.54) is 18.2 Å². The monoisotopic (exact) mass is 516 g/mol. The number of benzene rings is 2. The van der Waals surface area contributed by atoms with Crippen molar-refractivity contribution >= 4 is 75.6 Å². The van der Waals surface area contributed by atoms with Gasteiger partial charge >= 0.3 is 5.97 Å². The molecule has 0 unspecified atom stereocenters. The van der Waals surface area contributed by atoms with Gasteiger partial charge in [-0.25, -0.2) is 4.79 Å². The molecule has 29 heavy (non-hydrogen) atoms. The summed E-state index contributed by atoms with van der Waals surface area (Å²) in [5.41, 5.74) is 0.425. The van der Waals surface area contributed by atoms with E-state index in [2.05, 4.69) is 0 Å². The van der Waals surface area contributed by atoms with Gasteiger partial charge in [-0.1, -0.05) is 87.8 Å². The quantitative estimate of drug-likeness (QED) is 0.219. The standard InChI is InChI=1S/C13H6Cl6O2.C6H8O2/c14-6-2-8(16)12(20)4(10(6)18)1-5-11(19)7(15)3-9(17)13(5)21;1-2-3-4-5-6(7)8/h2-3,20-21H,1H2;2-5H,1H3,(H,7,8)/b;3-2+,5-4+. The summed E-state index contributed by atoms with van der Waals surface area (Å²) in [5, 5.41) is 28.7. The Bertz CT molecular complexity index is 856. The summed E-state index contributed by atoms with van der Waals surface area (Å²) in [7, 11) is 0. The molecule has 2 rings (SSSR count). The van der Waals surface area contributed by atoms with Crippen molar-refractivity contribution in [2.45, 2.75) is 13.3 Å². The molecule has 0 fully saturated rings. The average Bonchev–Trinajstić information content (AvgIpc) is 2.65. The Kier molecular flexibility index (Phi) is 10.5. The predicted octanol–water partition coefficient (Wildman–Crippen LogP) is 7.81. The van der Waals surface area contributed by atoms with Crippen LogP contribution in [0.5, 0.6) is 11.5 Å². The molecule has 0 aromatic heterocycles. The number of phenolic OH excluding ortho intramolecular Hbond substituents is 2. The minimum Gasteiger partial charge on any atom is -0.506 e. The van der Waals surface area contributed by atoms with E-state index in [1.54, 1.807) is 12.2 Å². The lowest BCUT2D eigenvalue weighted by Crippen LogP contribution is -1.95. The number of aliphatic carboxylic acids is 1. The maximum absolute atomic E-state index is 10.0. The fourth-order valence-electron chi connectivity index (χ4n) is 2.02. The fourth-order valence-corrected chi connectivity index (χ4v) is 3.44. The highest BCUT2D eigenvalue weighted by atomic mass is 35.5. The Hall–Kier alpha value is -1.27. The molecule has 156 valence electrons. The maximum Gasteiger partial charge on any atom is 0.328 e. The van der Waals surface area contributed by atoms with Gasteiger partial charge in [0.25, 0.3) is 0 Å². The van der Waals surface area contributed by atoms with Crippen molar-refractivity contribution in [1.82, 2.24) is 0 Å². The number of halogens is 6. The number of carboxylic acids is 1. The molecule has 0 atom stereocenters. The molecule has 10 heteroatoms. The number of carboxylic acid groups (broad SMARTS) is 1. The lowest BCUT2D eigenvalue weighted by atomic mass is 10.0. The predicted molar refractivity (Wildman–Crippen MR) is 121 cm³/mol. The molecule has 0 heterocycles. The molecule has 4 nitrogen and oxygen atoms in total. The largest absolute Gasteiger partial charge is 0.506 e. The average molecular weight is 519 g/mol. The minimum absolute atomic E-state index is 0.0307. The Morgan fingerprint density at radius 3 is 1.59 bits per heavy atom. The molecule has 0 amide bonds. The van der Waals surface area contributed by atoms with Crippen molar-refractivity contribution in [1.29, 1.82) is 0 Å². The van der Waals surface area contributed by atoms with Crippen molar-refractivity contribution in [3.8, 4) is 11.5 Å². The van der Waals surface area contributed by atoms with E-state index >= 15 is 0 Å². The fraction of sp³-hybridized carbons (Fsp3) is 0.105. The molecule has 0 spiro atoms. The van der Waals surface area contributed by atoms with Crippen LogP contribution in [0, 0.1) is 0 Å². The van der Waals surface area contributed by atoms with Crippen LogP contribution >= 0.6 is 69.6 Å². The van der Waals surface area contributed by atoms with Crippen LogP contribution in [0.3, 0.4) is 0 Å². The highest BCUT2D eigenvalue weighted by Gasteiger charge is 2.21. The molecule has 0 bridgehead atoms. The third-order valence-corrected chi connectivity index (χ3v) is 5.61. The summed E-state index contributed by atoms with van der Waals surface area (Å²) < 4.78 is 0. The number of aromatic hydroxyl groups is 2. The molecule has 2 aromatic carbocycles. The second-order valence-corrected chi connectivity index (χ2v) is 7.75. The SMILES string of the molecule is C/C=C/C=C/C(=O)O.Oc1c(Cl)cc(Cl)c(Cl)c1Cc1c(O)c(Cl)cc(Cl)c1Cl. The van der Waals surface area contributed by atoms with Gasteiger partial charge in [-0.3, -0.25) is 0 Å². The number of hydrogen-bond donors (Lipinski definition) is 3. The van der Waals surface area contributed by atoms with Crippen molar-refractivity contribution in [3.63, 3.8) is 0 Å². The van der Waals surface area contributed by atoms with Crippen molar-refractivity contribution in [2.75, 3.05) is 0 Å². The molecular formula is C19H14Cl6O4. The Balaban J connectivity index is 0.000000447. The Morgan fingerprint density at radius 1 is 0.828 bits per heavy atom. The summed E-state index contributed by atoms with van der Waals surface area (Å²) in [5.74, 6) is -1.42. The summed E-state index contributed by atoms with van der Waals surface area (Å²) in [4.78, 5) is 9.75. The van der Waals surface area contributed by atoms with Crippen LogP contribution in [0.1, 0.15) is 18.1 Å². The zero-order valence-corrected chi connectivity index (χ0v) is 19.2. The Labute approximate surface area is 197 Å². The van der Waals surface area contributed by atoms with E-state index in [0.717, 1.165) is 6.08 Å². The highest BCUT2D eigenvalue weighted by molar-refractivity contribution is 6.45. The molecule has 0 radical (unpaired) electrons. The van der Waals surface area contributed by atoms with Crippen LogP contribution in [0.25, 0.3) is 0 Å². The van der Waals surface area contributed by atoms with Gasteiger partial charge in [0.1, 0.15) is 11.5 Å². The summed E-state index contributed by atoms with van der Waals surface area (Å²) in [6.45, 7) is 1.83. The maximum atomic E-state index is 10.0. The second kappa shape index (κ2) is 11.8. The number of rotatable bonds is 4. The van der Waals surface area contributed by atoms with E-state index < -0.39 is 5.97 Å². The van der Waals surface area contributed by atoms with E-state index in [1.807, 2.05) is 6.92 Å². The first-order chi connectivity index (χ1) is 13.5. The number of hydrogen-bond acceptors (Lipinski definition) is 3. The van der Waals surface area contributed by atoms with Crippen molar-refractivity contribution in [3.05, 3.63) is 77.7 Å². The molecule has 0 aliphatic heterocycles. The first kappa shape index (κ1) is 25.8. The third kappa shape index (κ3) is 7.18. The van der Waals surface area contributed by atoms with E-state index in [4.69, 9.17) is 74.7 Å². The normalized spacial score (nSPS) is 11.0. The first-order valence-corrected chi connectivity index (χ1v) is 10.0. The molecule has 3 N–H and O–H groups in total. The van der Waals surface area contributed by atoms with Crippen LogP contribution in [-0.4, -0.2) is 21.3 Å². The van der Waals surface area contributed by atoms with E-state index in [9.17, 15) is 15.0 Å². The molecule has 2 aromatic rings. The van der Waals surface area contributed by atoms with Crippen molar-refractivity contribution < 1.29 is 20.1 Å². The summed E-state index contributed by atoms with van der Waals surface area (Å²) in [6.07, 6.45) is 5.94. The van der Waals surface area contributed by atoms with Gasteiger partial charge < -0.3 is 15.3 Å². The smallest absolute Gasteiger partial charge is 0.328 e. The van der Waals surface area contributed by atoms with Gasteiger partial charge in [0, 0.05) is 23.6 Å². The van der Waals surface area contributed by atoms with Crippen molar-refractivity contribution in [2.24, 2.45) is 0 Å². The lowest BCUT2D eigenvalue weighted by molar-refractivity contribution is -0.131. The summed E-state index contributed by atoms with van der Waals surface area (Å²) >= 11 is 35.7. The zero-order chi connectivity index (χ0) is 22.3. The minimum atomic E-state index is -0.914. The highest BCUT2D eigenvalue weighted by Crippen LogP contribution is 2.44. The second-order valence-electron chi connectivity index (χ2n) is 5.36. The molecule has 0 saturated heterocycles. The number of carbonyl (C=O) groups is 1. The van der Waals surface area contributed by atoms with Crippen LogP contribution in [0.4, 0.5) is 0 Å². The molecule has 0 aliphatic carbocycles. The van der Waals surface area contributed by atoms with Crippen LogP contribution in [0.15, 0.2) is 36.4 Å². The van der Waals surface area contributed by atoms with Gasteiger partial charge in [-0.05, 0) is 19.1 Å². The number of phenols is 2. The zero-order valence-electron chi connectivity index (χ0n) is 14.7. The molecule has 0 aliphatic rings. The Morgan fingerprint density at radius 2 is 1.24 bits per heavy atom. The first-order valence-electron chi connectivity index (χ1n) is 7.74. The topological polar surface area (TPSA) is 77.8 Å². The number of allylic oxidation sites excluding steroid dienone is 3. The van der Waals surface area contributed by atoms with E-state index in [0.29, 0.717) is 0 Å². The van der Waals surface area contributed by atoms with Crippen LogP contribution < -0.4 is 0 Å².